The van der Waals surface area contributed by atoms with Crippen molar-refractivity contribution in [2.75, 3.05) is 31.7 Å². The number of hydrogen-bond donors (Lipinski definition) is 1. The average molecular weight is 384 g/mol. The van der Waals surface area contributed by atoms with Crippen LogP contribution >= 0.6 is 0 Å². The summed E-state index contributed by atoms with van der Waals surface area (Å²) in [5, 5.41) is 9.16. The molecule has 0 aliphatic heterocycles. The zero-order valence-corrected chi connectivity index (χ0v) is 16.0. The van der Waals surface area contributed by atoms with E-state index >= 15 is 0 Å². The number of hydrogen-bond acceptors (Lipinski definition) is 6. The second-order valence-electron chi connectivity index (χ2n) is 6.36. The van der Waals surface area contributed by atoms with E-state index < -0.39 is 12.1 Å². The molecule has 0 amide bonds. The molecule has 7 heteroatoms. The highest BCUT2D eigenvalue weighted by Gasteiger charge is 2.17. The summed E-state index contributed by atoms with van der Waals surface area (Å²) in [7, 11) is 1.90. The zero-order chi connectivity index (χ0) is 19.9. The average Bonchev–Trinajstić information content (AvgIpc) is 3.13. The van der Waals surface area contributed by atoms with E-state index in [1.807, 2.05) is 60.5 Å². The molecule has 1 N–H and O–H groups in total. The van der Waals surface area contributed by atoms with Gasteiger partial charge in [0.15, 0.2) is 11.7 Å². The summed E-state index contributed by atoms with van der Waals surface area (Å²) in [6.07, 6.45) is -0.508. The van der Waals surface area contributed by atoms with Gasteiger partial charge < -0.3 is 23.9 Å². The first kappa shape index (κ1) is 19.7. The van der Waals surface area contributed by atoms with Crippen molar-refractivity contribution in [3.05, 3.63) is 54.1 Å². The summed E-state index contributed by atoms with van der Waals surface area (Å²) in [4.78, 5) is 17.5. The zero-order valence-electron chi connectivity index (χ0n) is 16.0. The molecule has 7 nitrogen and oxygen atoms in total. The molecule has 1 heterocycles. The van der Waals surface area contributed by atoms with Crippen molar-refractivity contribution in [3.8, 4) is 5.75 Å². The standard InChI is InChI=1S/C21H24N2O5/c1-3-26-19(20(24)25)14-15-8-10-16(11-9-15)27-13-12-23(2)21-22-17-6-4-5-7-18(17)28-21/h4-11,19H,3,12-14H2,1-2H3,(H,24,25)/t19-/m1/s1. The van der Waals surface area contributed by atoms with E-state index in [1.54, 1.807) is 6.92 Å². The fraction of sp³-hybridized carbons (Fsp3) is 0.333. The summed E-state index contributed by atoms with van der Waals surface area (Å²) in [5.41, 5.74) is 2.47. The molecular formula is C21H24N2O5. The van der Waals surface area contributed by atoms with E-state index in [2.05, 4.69) is 4.98 Å². The van der Waals surface area contributed by atoms with Crippen molar-refractivity contribution in [1.29, 1.82) is 0 Å². The van der Waals surface area contributed by atoms with Crippen LogP contribution in [-0.4, -0.2) is 49.0 Å². The van der Waals surface area contributed by atoms with Crippen molar-refractivity contribution < 1.29 is 23.8 Å². The highest BCUT2D eigenvalue weighted by molar-refractivity contribution is 5.74. The molecule has 0 radical (unpaired) electrons. The maximum absolute atomic E-state index is 11.2. The third-order valence-corrected chi connectivity index (χ3v) is 4.29. The molecule has 1 atom stereocenters. The summed E-state index contributed by atoms with van der Waals surface area (Å²) >= 11 is 0. The number of carbonyl (C=O) groups is 1. The van der Waals surface area contributed by atoms with Gasteiger partial charge in [0.1, 0.15) is 17.9 Å². The fourth-order valence-electron chi connectivity index (χ4n) is 2.77. The van der Waals surface area contributed by atoms with Gasteiger partial charge >= 0.3 is 5.97 Å². The number of oxazole rings is 1. The van der Waals surface area contributed by atoms with Crippen LogP contribution in [0.3, 0.4) is 0 Å². The van der Waals surface area contributed by atoms with Gasteiger partial charge in [-0.05, 0) is 36.8 Å². The number of fused-ring (bicyclic) bond motifs is 1. The van der Waals surface area contributed by atoms with Crippen LogP contribution in [0.2, 0.25) is 0 Å². The van der Waals surface area contributed by atoms with Crippen LogP contribution in [-0.2, 0) is 16.0 Å². The van der Waals surface area contributed by atoms with E-state index in [-0.39, 0.29) is 0 Å². The molecule has 0 saturated carbocycles. The maximum Gasteiger partial charge on any atom is 0.333 e. The van der Waals surface area contributed by atoms with Gasteiger partial charge in [-0.1, -0.05) is 24.3 Å². The molecular weight excluding hydrogens is 360 g/mol. The Kier molecular flexibility index (Phi) is 6.49. The van der Waals surface area contributed by atoms with Crippen LogP contribution in [0, 0.1) is 0 Å². The Labute approximate surface area is 163 Å². The molecule has 28 heavy (non-hydrogen) atoms. The normalized spacial score (nSPS) is 12.1. The van der Waals surface area contributed by atoms with E-state index in [0.717, 1.165) is 22.4 Å². The monoisotopic (exact) mass is 384 g/mol. The van der Waals surface area contributed by atoms with Crippen molar-refractivity contribution in [2.24, 2.45) is 0 Å². The fourth-order valence-corrected chi connectivity index (χ4v) is 2.77. The van der Waals surface area contributed by atoms with E-state index in [1.165, 1.54) is 0 Å². The first-order valence-corrected chi connectivity index (χ1v) is 9.19. The first-order chi connectivity index (χ1) is 13.6. The molecule has 0 fully saturated rings. The number of anilines is 1. The summed E-state index contributed by atoms with van der Waals surface area (Å²) in [5.74, 6) is -0.234. The Morgan fingerprint density at radius 2 is 1.96 bits per heavy atom. The molecule has 3 aromatic rings. The van der Waals surface area contributed by atoms with Gasteiger partial charge in [0.25, 0.3) is 6.01 Å². The van der Waals surface area contributed by atoms with Gasteiger partial charge in [-0.25, -0.2) is 4.79 Å². The van der Waals surface area contributed by atoms with Crippen LogP contribution in [0.1, 0.15) is 12.5 Å². The Morgan fingerprint density at radius 1 is 1.21 bits per heavy atom. The van der Waals surface area contributed by atoms with Gasteiger partial charge in [0, 0.05) is 20.1 Å². The Bertz CT molecular complexity index is 874. The number of rotatable bonds is 10. The Balaban J connectivity index is 1.49. The molecule has 0 aliphatic rings. The minimum absolute atomic E-state index is 0.323. The second-order valence-corrected chi connectivity index (χ2v) is 6.36. The lowest BCUT2D eigenvalue weighted by Crippen LogP contribution is -2.26. The SMILES string of the molecule is CCO[C@H](Cc1ccc(OCCN(C)c2nc3ccccc3o2)cc1)C(=O)O. The van der Waals surface area contributed by atoms with Crippen LogP contribution in [0.15, 0.2) is 52.9 Å². The van der Waals surface area contributed by atoms with Crippen molar-refractivity contribution >= 4 is 23.1 Å². The first-order valence-electron chi connectivity index (χ1n) is 9.19. The van der Waals surface area contributed by atoms with Crippen molar-refractivity contribution in [3.63, 3.8) is 0 Å². The number of ether oxygens (including phenoxy) is 2. The van der Waals surface area contributed by atoms with E-state index in [4.69, 9.17) is 19.0 Å². The van der Waals surface area contributed by atoms with Gasteiger partial charge in [-0.2, -0.15) is 4.98 Å². The quantitative estimate of drug-likeness (QED) is 0.573. The predicted octanol–water partition coefficient (Wildman–Crippen LogP) is 3.38. The smallest absolute Gasteiger partial charge is 0.333 e. The van der Waals surface area contributed by atoms with Crippen LogP contribution in [0.5, 0.6) is 5.75 Å². The van der Waals surface area contributed by atoms with Crippen molar-refractivity contribution in [2.45, 2.75) is 19.4 Å². The molecule has 0 unspecified atom stereocenters. The number of benzene rings is 2. The van der Waals surface area contributed by atoms with Gasteiger partial charge in [0.2, 0.25) is 0 Å². The molecule has 1 aromatic heterocycles. The number of para-hydroxylation sites is 2. The highest BCUT2D eigenvalue weighted by atomic mass is 16.5. The number of nitrogens with zero attached hydrogens (tertiary/aromatic N) is 2. The van der Waals surface area contributed by atoms with Gasteiger partial charge in [-0.15, -0.1) is 0 Å². The van der Waals surface area contributed by atoms with Crippen LogP contribution < -0.4 is 9.64 Å². The molecule has 0 saturated heterocycles. The molecule has 3 rings (SSSR count). The number of carboxylic acid groups (broad SMARTS) is 1. The van der Waals surface area contributed by atoms with Crippen LogP contribution in [0.4, 0.5) is 6.01 Å². The lowest BCUT2D eigenvalue weighted by Gasteiger charge is -2.15. The minimum Gasteiger partial charge on any atom is -0.492 e. The van der Waals surface area contributed by atoms with Gasteiger partial charge in [-0.3, -0.25) is 0 Å². The predicted molar refractivity (Wildman–Crippen MR) is 106 cm³/mol. The second kappa shape index (κ2) is 9.23. The number of likely N-dealkylation sites (N-methyl/N-ethyl adjacent to an activating group) is 1. The van der Waals surface area contributed by atoms with E-state index in [9.17, 15) is 4.79 Å². The summed E-state index contributed by atoms with van der Waals surface area (Å²) in [6.45, 7) is 3.22. The Morgan fingerprint density at radius 3 is 2.64 bits per heavy atom. The number of carboxylic acids is 1. The van der Waals surface area contributed by atoms with Crippen molar-refractivity contribution in [1.82, 2.24) is 4.98 Å². The minimum atomic E-state index is -0.954. The topological polar surface area (TPSA) is 85.0 Å². The molecule has 0 aliphatic carbocycles. The molecule has 0 spiro atoms. The molecule has 0 bridgehead atoms. The third kappa shape index (κ3) is 5.01. The summed E-state index contributed by atoms with van der Waals surface area (Å²) in [6, 6.07) is 15.6. The number of aromatic nitrogens is 1. The molecule has 148 valence electrons. The van der Waals surface area contributed by atoms with Crippen LogP contribution in [0.25, 0.3) is 11.1 Å². The maximum atomic E-state index is 11.2. The summed E-state index contributed by atoms with van der Waals surface area (Å²) < 4.78 is 16.7. The Hall–Kier alpha value is -3.06. The van der Waals surface area contributed by atoms with Gasteiger partial charge in [0.05, 0.1) is 6.54 Å². The highest BCUT2D eigenvalue weighted by Crippen LogP contribution is 2.20. The van der Waals surface area contributed by atoms with E-state index in [0.29, 0.717) is 32.2 Å². The lowest BCUT2D eigenvalue weighted by atomic mass is 10.1. The largest absolute Gasteiger partial charge is 0.492 e. The molecule has 2 aromatic carbocycles. The number of aliphatic carboxylic acids is 1. The third-order valence-electron chi connectivity index (χ3n) is 4.29. The lowest BCUT2D eigenvalue weighted by molar-refractivity contribution is -0.149.